The van der Waals surface area contributed by atoms with Gasteiger partial charge in [-0.1, -0.05) is 34.1 Å². The minimum absolute atomic E-state index is 0.171. The summed E-state index contributed by atoms with van der Waals surface area (Å²) in [4.78, 5) is 12.2. The molecule has 0 radical (unpaired) electrons. The topological polar surface area (TPSA) is 26.3 Å². The number of carbonyl (C=O) groups is 1. The molecule has 0 N–H and O–H groups in total. The van der Waals surface area contributed by atoms with Crippen molar-refractivity contribution in [3.8, 4) is 0 Å². The van der Waals surface area contributed by atoms with Gasteiger partial charge >= 0.3 is 5.97 Å². The SMILES string of the molecule is O=C(OCC12CC3CC(CC(Br)(C3)C1)C2)c1ccccc1. The average molecular weight is 349 g/mol. The first-order valence-corrected chi connectivity index (χ1v) is 8.76. The molecule has 0 aliphatic heterocycles. The van der Waals surface area contributed by atoms with E-state index in [0.717, 1.165) is 11.8 Å². The van der Waals surface area contributed by atoms with E-state index in [0.29, 0.717) is 16.5 Å². The molecule has 1 aromatic carbocycles. The number of halogens is 1. The zero-order valence-electron chi connectivity index (χ0n) is 12.2. The predicted octanol–water partition coefficient (Wildman–Crippen LogP) is 4.58. The first kappa shape index (κ1) is 13.8. The molecule has 0 amide bonds. The Balaban J connectivity index is 1.46. The molecular weight excluding hydrogens is 328 g/mol. The normalized spacial score (nSPS) is 40.2. The lowest BCUT2D eigenvalue weighted by atomic mass is 9.50. The van der Waals surface area contributed by atoms with Crippen LogP contribution in [0, 0.1) is 17.3 Å². The minimum Gasteiger partial charge on any atom is -0.462 e. The smallest absolute Gasteiger partial charge is 0.338 e. The Morgan fingerprint density at radius 2 is 1.81 bits per heavy atom. The monoisotopic (exact) mass is 348 g/mol. The summed E-state index contributed by atoms with van der Waals surface area (Å²) < 4.78 is 6.03. The molecule has 1 aromatic rings. The molecule has 112 valence electrons. The summed E-state index contributed by atoms with van der Waals surface area (Å²) in [6.07, 6.45) is 7.70. The highest BCUT2D eigenvalue weighted by Crippen LogP contribution is 2.64. The van der Waals surface area contributed by atoms with E-state index >= 15 is 0 Å². The van der Waals surface area contributed by atoms with E-state index in [2.05, 4.69) is 15.9 Å². The fraction of sp³-hybridized carbons (Fsp3) is 0.611. The van der Waals surface area contributed by atoms with E-state index in [1.807, 2.05) is 30.3 Å². The van der Waals surface area contributed by atoms with Crippen LogP contribution in [-0.2, 0) is 4.74 Å². The van der Waals surface area contributed by atoms with Gasteiger partial charge in [0, 0.05) is 9.74 Å². The van der Waals surface area contributed by atoms with Gasteiger partial charge in [0.05, 0.1) is 12.2 Å². The molecule has 2 unspecified atom stereocenters. The van der Waals surface area contributed by atoms with Gasteiger partial charge in [0.15, 0.2) is 0 Å². The maximum Gasteiger partial charge on any atom is 0.338 e. The summed E-state index contributed by atoms with van der Waals surface area (Å²) in [5.41, 5.74) is 0.897. The summed E-state index contributed by atoms with van der Waals surface area (Å²) in [5.74, 6) is 1.50. The average Bonchev–Trinajstić information content (AvgIpc) is 2.43. The lowest BCUT2D eigenvalue weighted by Gasteiger charge is -2.60. The van der Waals surface area contributed by atoms with Crippen LogP contribution in [0.25, 0.3) is 0 Å². The summed E-state index contributed by atoms with van der Waals surface area (Å²) in [6.45, 7) is 0.598. The fourth-order valence-electron chi connectivity index (χ4n) is 5.38. The molecule has 21 heavy (non-hydrogen) atoms. The molecular formula is C18H21BrO2. The zero-order valence-corrected chi connectivity index (χ0v) is 13.8. The van der Waals surface area contributed by atoms with Crippen LogP contribution < -0.4 is 0 Å². The van der Waals surface area contributed by atoms with Crippen LogP contribution in [0.3, 0.4) is 0 Å². The van der Waals surface area contributed by atoms with Gasteiger partial charge in [-0.2, -0.15) is 0 Å². The van der Waals surface area contributed by atoms with Gasteiger partial charge in [0.2, 0.25) is 0 Å². The molecule has 4 bridgehead atoms. The first-order valence-electron chi connectivity index (χ1n) is 7.97. The van der Waals surface area contributed by atoms with Crippen molar-refractivity contribution in [2.45, 2.75) is 42.8 Å². The van der Waals surface area contributed by atoms with Crippen molar-refractivity contribution in [2.75, 3.05) is 6.61 Å². The van der Waals surface area contributed by atoms with Crippen LogP contribution in [0.2, 0.25) is 0 Å². The molecule has 4 aliphatic rings. The molecule has 4 saturated carbocycles. The molecule has 4 aliphatic carbocycles. The minimum atomic E-state index is -0.171. The summed E-state index contributed by atoms with van der Waals surface area (Å²) >= 11 is 4.00. The van der Waals surface area contributed by atoms with E-state index in [1.165, 1.54) is 38.5 Å². The Bertz CT molecular complexity index is 540. The van der Waals surface area contributed by atoms with Crippen molar-refractivity contribution in [1.82, 2.24) is 0 Å². The third-order valence-corrected chi connectivity index (χ3v) is 6.56. The predicted molar refractivity (Wildman–Crippen MR) is 85.5 cm³/mol. The highest BCUT2D eigenvalue weighted by atomic mass is 79.9. The van der Waals surface area contributed by atoms with E-state index in [1.54, 1.807) is 0 Å². The van der Waals surface area contributed by atoms with Gasteiger partial charge in [-0.15, -0.1) is 0 Å². The lowest BCUT2D eigenvalue weighted by Crippen LogP contribution is -2.54. The van der Waals surface area contributed by atoms with Gasteiger partial charge < -0.3 is 4.74 Å². The number of benzene rings is 1. The summed E-state index contributed by atoms with van der Waals surface area (Å²) in [5, 5.41) is 0. The van der Waals surface area contributed by atoms with Gasteiger partial charge in [-0.25, -0.2) is 4.79 Å². The van der Waals surface area contributed by atoms with Crippen LogP contribution in [0.1, 0.15) is 48.9 Å². The van der Waals surface area contributed by atoms with Gasteiger partial charge in [0.1, 0.15) is 0 Å². The summed E-state index contributed by atoms with van der Waals surface area (Å²) in [7, 11) is 0. The number of alkyl halides is 1. The van der Waals surface area contributed by atoms with Crippen LogP contribution in [-0.4, -0.2) is 16.9 Å². The van der Waals surface area contributed by atoms with E-state index in [9.17, 15) is 4.79 Å². The number of hydrogen-bond acceptors (Lipinski definition) is 2. The number of esters is 1. The Morgan fingerprint density at radius 1 is 1.14 bits per heavy atom. The molecule has 4 fully saturated rings. The van der Waals surface area contributed by atoms with E-state index < -0.39 is 0 Å². The molecule has 0 aromatic heterocycles. The van der Waals surface area contributed by atoms with Gasteiger partial charge in [-0.05, 0) is 62.5 Å². The first-order chi connectivity index (χ1) is 10.1. The Kier molecular flexibility index (Phi) is 3.18. The largest absolute Gasteiger partial charge is 0.462 e. The third-order valence-electron chi connectivity index (χ3n) is 5.63. The third kappa shape index (κ3) is 2.54. The van der Waals surface area contributed by atoms with Gasteiger partial charge in [0.25, 0.3) is 0 Å². The molecule has 0 saturated heterocycles. The number of rotatable bonds is 3. The zero-order chi connectivity index (χ0) is 14.5. The van der Waals surface area contributed by atoms with Crippen LogP contribution in [0.15, 0.2) is 30.3 Å². The van der Waals surface area contributed by atoms with Crippen molar-refractivity contribution >= 4 is 21.9 Å². The number of carbonyl (C=O) groups excluding carboxylic acids is 1. The number of ether oxygens (including phenoxy) is 1. The van der Waals surface area contributed by atoms with Crippen molar-refractivity contribution in [3.05, 3.63) is 35.9 Å². The Morgan fingerprint density at radius 3 is 2.43 bits per heavy atom. The van der Waals surface area contributed by atoms with Crippen molar-refractivity contribution in [1.29, 1.82) is 0 Å². The second-order valence-electron chi connectivity index (χ2n) is 7.55. The van der Waals surface area contributed by atoms with Crippen LogP contribution >= 0.6 is 15.9 Å². The second kappa shape index (κ2) is 4.84. The molecule has 2 nitrogen and oxygen atoms in total. The van der Waals surface area contributed by atoms with Crippen LogP contribution in [0.4, 0.5) is 0 Å². The van der Waals surface area contributed by atoms with Crippen molar-refractivity contribution in [3.63, 3.8) is 0 Å². The molecule has 0 heterocycles. The molecule has 2 atom stereocenters. The molecule has 5 rings (SSSR count). The quantitative estimate of drug-likeness (QED) is 0.590. The maximum atomic E-state index is 12.2. The number of hydrogen-bond donors (Lipinski definition) is 0. The van der Waals surface area contributed by atoms with Gasteiger partial charge in [-0.3, -0.25) is 0 Å². The highest BCUT2D eigenvalue weighted by Gasteiger charge is 2.57. The Labute approximate surface area is 134 Å². The standard InChI is InChI=1S/C18H21BrO2/c19-18-9-13-6-14(10-18)8-17(7-13,11-18)12-21-16(20)15-4-2-1-3-5-15/h1-5,13-14H,6-12H2. The fourth-order valence-corrected chi connectivity index (χ4v) is 6.89. The van der Waals surface area contributed by atoms with Crippen molar-refractivity contribution < 1.29 is 9.53 Å². The van der Waals surface area contributed by atoms with E-state index in [-0.39, 0.29) is 11.4 Å². The van der Waals surface area contributed by atoms with Crippen LogP contribution in [0.5, 0.6) is 0 Å². The van der Waals surface area contributed by atoms with E-state index in [4.69, 9.17) is 4.74 Å². The molecule has 3 heteroatoms. The highest BCUT2D eigenvalue weighted by molar-refractivity contribution is 9.10. The second-order valence-corrected chi connectivity index (χ2v) is 9.24. The maximum absolute atomic E-state index is 12.2. The van der Waals surface area contributed by atoms with Crippen molar-refractivity contribution in [2.24, 2.45) is 17.3 Å². The lowest BCUT2D eigenvalue weighted by molar-refractivity contribution is -0.0716. The summed E-state index contributed by atoms with van der Waals surface area (Å²) in [6, 6.07) is 9.34. The Hall–Kier alpha value is -0.830. The molecule has 0 spiro atoms.